The summed E-state index contributed by atoms with van der Waals surface area (Å²) < 4.78 is 11.0. The molecule has 3 atom stereocenters. The van der Waals surface area contributed by atoms with Crippen LogP contribution in [0.2, 0.25) is 0 Å². The minimum atomic E-state index is 0.174. The lowest BCUT2D eigenvalue weighted by Crippen LogP contribution is -2.46. The maximum absolute atomic E-state index is 6.12. The monoisotopic (exact) mass is 292 g/mol. The fraction of sp³-hybridized carbons (Fsp3) is 0.647. The Morgan fingerprint density at radius 2 is 2.05 bits per heavy atom. The van der Waals surface area contributed by atoms with Crippen molar-refractivity contribution in [3.63, 3.8) is 0 Å². The van der Waals surface area contributed by atoms with Crippen molar-refractivity contribution in [3.05, 3.63) is 23.8 Å². The number of methoxy groups -OCH3 is 2. The first-order valence-electron chi connectivity index (χ1n) is 7.80. The molecule has 0 radical (unpaired) electrons. The molecule has 0 bridgehead atoms. The van der Waals surface area contributed by atoms with Crippen molar-refractivity contribution >= 4 is 0 Å². The van der Waals surface area contributed by atoms with Gasteiger partial charge in [-0.3, -0.25) is 4.90 Å². The normalized spacial score (nSPS) is 24.6. The van der Waals surface area contributed by atoms with Crippen LogP contribution >= 0.6 is 0 Å². The number of likely N-dealkylation sites (tertiary alicyclic amines) is 1. The highest BCUT2D eigenvalue weighted by Gasteiger charge is 2.32. The highest BCUT2D eigenvalue weighted by Crippen LogP contribution is 2.39. The van der Waals surface area contributed by atoms with Crippen LogP contribution in [0.25, 0.3) is 0 Å². The summed E-state index contributed by atoms with van der Waals surface area (Å²) in [6.45, 7) is 6.31. The maximum Gasteiger partial charge on any atom is 0.165 e. The molecule has 21 heavy (non-hydrogen) atoms. The molecule has 1 aliphatic rings. The smallest absolute Gasteiger partial charge is 0.165 e. The average molecular weight is 292 g/mol. The van der Waals surface area contributed by atoms with Gasteiger partial charge in [-0.25, -0.2) is 0 Å². The Morgan fingerprint density at radius 1 is 1.29 bits per heavy atom. The Labute approximate surface area is 128 Å². The average Bonchev–Trinajstić information content (AvgIpc) is 2.51. The van der Waals surface area contributed by atoms with Crippen molar-refractivity contribution in [1.82, 2.24) is 4.90 Å². The zero-order valence-corrected chi connectivity index (χ0v) is 13.6. The van der Waals surface area contributed by atoms with Gasteiger partial charge in [-0.1, -0.05) is 19.1 Å². The number of ether oxygens (including phenoxy) is 2. The highest BCUT2D eigenvalue weighted by molar-refractivity contribution is 5.48. The molecule has 1 aromatic carbocycles. The first-order chi connectivity index (χ1) is 10.1. The van der Waals surface area contributed by atoms with Gasteiger partial charge in [0.2, 0.25) is 0 Å². The summed E-state index contributed by atoms with van der Waals surface area (Å²) in [5.74, 6) is 2.27. The van der Waals surface area contributed by atoms with Gasteiger partial charge in [0.25, 0.3) is 0 Å². The molecule has 2 N–H and O–H groups in total. The molecule has 1 saturated heterocycles. The quantitative estimate of drug-likeness (QED) is 0.906. The number of benzene rings is 1. The summed E-state index contributed by atoms with van der Waals surface area (Å²) in [5, 5.41) is 0. The summed E-state index contributed by atoms with van der Waals surface area (Å²) in [6, 6.07) is 6.75. The molecule has 4 nitrogen and oxygen atoms in total. The van der Waals surface area contributed by atoms with Gasteiger partial charge in [-0.15, -0.1) is 0 Å². The Balaban J connectivity index is 2.37. The van der Waals surface area contributed by atoms with Gasteiger partial charge < -0.3 is 15.2 Å². The summed E-state index contributed by atoms with van der Waals surface area (Å²) >= 11 is 0. The number of piperidine rings is 1. The maximum atomic E-state index is 6.12. The molecule has 1 aliphatic heterocycles. The van der Waals surface area contributed by atoms with Gasteiger partial charge in [-0.05, 0) is 38.3 Å². The lowest BCUT2D eigenvalue weighted by atomic mass is 9.89. The molecular formula is C17H28N2O2. The second-order valence-corrected chi connectivity index (χ2v) is 5.93. The van der Waals surface area contributed by atoms with Gasteiger partial charge in [0.1, 0.15) is 0 Å². The van der Waals surface area contributed by atoms with Crippen molar-refractivity contribution in [2.75, 3.05) is 27.3 Å². The van der Waals surface area contributed by atoms with Crippen LogP contribution in [-0.4, -0.2) is 38.3 Å². The molecule has 3 unspecified atom stereocenters. The third-order valence-corrected chi connectivity index (χ3v) is 4.84. The Bertz CT molecular complexity index is 464. The lowest BCUT2D eigenvalue weighted by Gasteiger charge is -2.43. The first kappa shape index (κ1) is 16.1. The number of para-hydroxylation sites is 1. The molecule has 1 fully saturated rings. The zero-order chi connectivity index (χ0) is 15.4. The van der Waals surface area contributed by atoms with Gasteiger partial charge in [0, 0.05) is 18.2 Å². The van der Waals surface area contributed by atoms with Crippen LogP contribution in [0, 0.1) is 5.92 Å². The topological polar surface area (TPSA) is 47.7 Å². The van der Waals surface area contributed by atoms with E-state index in [0.717, 1.165) is 23.6 Å². The van der Waals surface area contributed by atoms with Crippen molar-refractivity contribution in [3.8, 4) is 11.5 Å². The Morgan fingerprint density at radius 3 is 2.67 bits per heavy atom. The molecular weight excluding hydrogens is 264 g/mol. The third-order valence-electron chi connectivity index (χ3n) is 4.84. The van der Waals surface area contributed by atoms with Crippen LogP contribution in [0.15, 0.2) is 18.2 Å². The number of hydrogen-bond acceptors (Lipinski definition) is 4. The van der Waals surface area contributed by atoms with Crippen LogP contribution < -0.4 is 15.2 Å². The zero-order valence-electron chi connectivity index (χ0n) is 13.6. The largest absolute Gasteiger partial charge is 0.493 e. The highest BCUT2D eigenvalue weighted by atomic mass is 16.5. The minimum Gasteiger partial charge on any atom is -0.493 e. The van der Waals surface area contributed by atoms with E-state index < -0.39 is 0 Å². The molecule has 0 aromatic heterocycles. The number of nitrogens with two attached hydrogens (primary N) is 1. The van der Waals surface area contributed by atoms with Gasteiger partial charge in [-0.2, -0.15) is 0 Å². The summed E-state index contributed by atoms with van der Waals surface area (Å²) in [6.07, 6.45) is 2.53. The van der Waals surface area contributed by atoms with Crippen molar-refractivity contribution in [2.45, 2.75) is 38.8 Å². The van der Waals surface area contributed by atoms with E-state index >= 15 is 0 Å². The summed E-state index contributed by atoms with van der Waals surface area (Å²) in [4.78, 5) is 2.52. The number of hydrogen-bond donors (Lipinski definition) is 1. The van der Waals surface area contributed by atoms with E-state index in [1.807, 2.05) is 12.1 Å². The predicted octanol–water partition coefficient (Wildman–Crippen LogP) is 2.82. The minimum absolute atomic E-state index is 0.174. The van der Waals surface area contributed by atoms with Crippen LogP contribution in [-0.2, 0) is 0 Å². The fourth-order valence-corrected chi connectivity index (χ4v) is 3.42. The van der Waals surface area contributed by atoms with Crippen LogP contribution in [0.5, 0.6) is 11.5 Å². The van der Waals surface area contributed by atoms with E-state index in [4.69, 9.17) is 15.2 Å². The van der Waals surface area contributed by atoms with Crippen LogP contribution in [0.4, 0.5) is 0 Å². The molecule has 0 aliphatic carbocycles. The molecule has 0 spiro atoms. The molecule has 0 saturated carbocycles. The second kappa shape index (κ2) is 7.14. The van der Waals surface area contributed by atoms with E-state index in [-0.39, 0.29) is 6.04 Å². The van der Waals surface area contributed by atoms with Crippen molar-refractivity contribution in [2.24, 2.45) is 11.7 Å². The fourth-order valence-electron chi connectivity index (χ4n) is 3.42. The van der Waals surface area contributed by atoms with Gasteiger partial charge >= 0.3 is 0 Å². The Kier molecular flexibility index (Phi) is 5.48. The van der Waals surface area contributed by atoms with Crippen LogP contribution in [0.1, 0.15) is 38.3 Å². The predicted molar refractivity (Wildman–Crippen MR) is 85.9 cm³/mol. The first-order valence-corrected chi connectivity index (χ1v) is 7.80. The Hall–Kier alpha value is -1.26. The third kappa shape index (κ3) is 3.16. The van der Waals surface area contributed by atoms with Crippen molar-refractivity contribution in [1.29, 1.82) is 0 Å². The SMILES string of the molecule is COc1cccc(C(CN)N2CCCC(C)C2C)c1OC. The van der Waals surface area contributed by atoms with E-state index in [9.17, 15) is 0 Å². The second-order valence-electron chi connectivity index (χ2n) is 5.93. The van der Waals surface area contributed by atoms with Gasteiger partial charge in [0.05, 0.1) is 20.3 Å². The molecule has 1 heterocycles. The van der Waals surface area contributed by atoms with Crippen molar-refractivity contribution < 1.29 is 9.47 Å². The number of nitrogens with zero attached hydrogens (tertiary/aromatic N) is 1. The number of rotatable bonds is 5. The van der Waals surface area contributed by atoms with Gasteiger partial charge in [0.15, 0.2) is 11.5 Å². The van der Waals surface area contributed by atoms with E-state index in [1.54, 1.807) is 14.2 Å². The van der Waals surface area contributed by atoms with E-state index in [0.29, 0.717) is 18.5 Å². The molecule has 0 amide bonds. The molecule has 118 valence electrons. The molecule has 2 rings (SSSR count). The molecule has 4 heteroatoms. The molecule has 1 aromatic rings. The van der Waals surface area contributed by atoms with E-state index in [1.165, 1.54) is 12.8 Å². The lowest BCUT2D eigenvalue weighted by molar-refractivity contribution is 0.0697. The summed E-state index contributed by atoms with van der Waals surface area (Å²) in [5.41, 5.74) is 7.25. The standard InChI is InChI=1S/C17H28N2O2/c1-12-7-6-10-19(13(12)2)15(11-18)14-8-5-9-16(20-3)17(14)21-4/h5,8-9,12-13,15H,6-7,10-11,18H2,1-4H3. The van der Waals surface area contributed by atoms with Crippen LogP contribution in [0.3, 0.4) is 0 Å². The summed E-state index contributed by atoms with van der Waals surface area (Å²) in [7, 11) is 3.36. The van der Waals surface area contributed by atoms with E-state index in [2.05, 4.69) is 24.8 Å².